The second kappa shape index (κ2) is 8.32. The zero-order chi connectivity index (χ0) is 22.1. The number of hydrogen-bond acceptors (Lipinski definition) is 6. The number of nitrogens with two attached hydrogens (primary N) is 1. The lowest BCUT2D eigenvalue weighted by atomic mass is 10.1. The average Bonchev–Trinajstić information content (AvgIpc) is 3.09. The normalized spacial score (nSPS) is 14.6. The van der Waals surface area contributed by atoms with Gasteiger partial charge in [-0.25, -0.2) is 8.78 Å². The van der Waals surface area contributed by atoms with Gasteiger partial charge in [0.05, 0.1) is 18.6 Å². The Kier molecular flexibility index (Phi) is 5.57. The predicted molar refractivity (Wildman–Crippen MR) is 107 cm³/mol. The topological polar surface area (TPSA) is 118 Å². The molecule has 0 aliphatic carbocycles. The SMILES string of the molecule is NC(=O)c1oc2c(F)cc(F)cc2c1NC(=O)c1ccc(O)c(CN2CCOCC2)c1. The van der Waals surface area contributed by atoms with Crippen molar-refractivity contribution in [2.24, 2.45) is 5.73 Å². The third-order valence-corrected chi connectivity index (χ3v) is 5.01. The second-order valence-corrected chi connectivity index (χ2v) is 7.12. The highest BCUT2D eigenvalue weighted by atomic mass is 19.1. The van der Waals surface area contributed by atoms with Crippen LogP contribution in [0.25, 0.3) is 11.0 Å². The number of phenols is 1. The Balaban J connectivity index is 1.65. The molecule has 4 N–H and O–H groups in total. The van der Waals surface area contributed by atoms with E-state index >= 15 is 0 Å². The number of amides is 2. The van der Waals surface area contributed by atoms with Crippen molar-refractivity contribution in [3.05, 3.63) is 58.9 Å². The van der Waals surface area contributed by atoms with Crippen molar-refractivity contribution in [1.82, 2.24) is 4.90 Å². The highest BCUT2D eigenvalue weighted by molar-refractivity contribution is 6.14. The molecule has 0 unspecified atom stereocenters. The van der Waals surface area contributed by atoms with Crippen molar-refractivity contribution >= 4 is 28.5 Å². The summed E-state index contributed by atoms with van der Waals surface area (Å²) in [6.07, 6.45) is 0. The number of nitrogens with zero attached hydrogens (tertiary/aromatic N) is 1. The Morgan fingerprint density at radius 1 is 1.16 bits per heavy atom. The third-order valence-electron chi connectivity index (χ3n) is 5.01. The van der Waals surface area contributed by atoms with Gasteiger partial charge in [0.25, 0.3) is 11.8 Å². The Morgan fingerprint density at radius 2 is 1.90 bits per heavy atom. The van der Waals surface area contributed by atoms with Gasteiger partial charge in [-0.1, -0.05) is 0 Å². The van der Waals surface area contributed by atoms with Crippen molar-refractivity contribution in [1.29, 1.82) is 0 Å². The Bertz CT molecular complexity index is 1170. The number of ether oxygens (including phenoxy) is 1. The van der Waals surface area contributed by atoms with Gasteiger partial charge < -0.3 is 25.3 Å². The lowest BCUT2D eigenvalue weighted by Crippen LogP contribution is -2.35. The number of anilines is 1. The van der Waals surface area contributed by atoms with E-state index in [0.29, 0.717) is 44.5 Å². The zero-order valence-electron chi connectivity index (χ0n) is 16.3. The molecule has 2 aromatic carbocycles. The maximum Gasteiger partial charge on any atom is 0.286 e. The van der Waals surface area contributed by atoms with E-state index in [9.17, 15) is 23.5 Å². The van der Waals surface area contributed by atoms with E-state index in [4.69, 9.17) is 14.9 Å². The predicted octanol–water partition coefficient (Wildman–Crippen LogP) is 2.60. The minimum absolute atomic E-state index is 0.0266. The number of primary amides is 1. The Morgan fingerprint density at radius 3 is 2.61 bits per heavy atom. The van der Waals surface area contributed by atoms with Crippen molar-refractivity contribution in [2.45, 2.75) is 6.54 Å². The largest absolute Gasteiger partial charge is 0.508 e. The minimum Gasteiger partial charge on any atom is -0.508 e. The number of fused-ring (bicyclic) bond motifs is 1. The van der Waals surface area contributed by atoms with Crippen LogP contribution in [0.5, 0.6) is 5.75 Å². The van der Waals surface area contributed by atoms with Crippen LogP contribution < -0.4 is 11.1 Å². The van der Waals surface area contributed by atoms with E-state index in [2.05, 4.69) is 10.2 Å². The summed E-state index contributed by atoms with van der Waals surface area (Å²) >= 11 is 0. The first kappa shape index (κ1) is 20.8. The molecule has 1 fully saturated rings. The maximum atomic E-state index is 14.0. The molecule has 1 aliphatic rings. The molecule has 10 heteroatoms. The molecule has 0 saturated carbocycles. The molecule has 162 valence electrons. The standard InChI is InChI=1S/C21H19F2N3O5/c22-13-8-14-17(19(20(24)28)31-18(14)15(23)9-13)25-21(29)11-1-2-16(27)12(7-11)10-26-3-5-30-6-4-26/h1-2,7-9,27H,3-6,10H2,(H2,24,28)(H,25,29). The number of benzene rings is 2. The van der Waals surface area contributed by atoms with E-state index in [0.717, 1.165) is 6.07 Å². The van der Waals surface area contributed by atoms with Crippen LogP contribution in [0.3, 0.4) is 0 Å². The molecule has 0 bridgehead atoms. The number of carbonyl (C=O) groups is 2. The van der Waals surface area contributed by atoms with Gasteiger partial charge in [0.1, 0.15) is 17.3 Å². The number of aromatic hydroxyl groups is 1. The molecule has 31 heavy (non-hydrogen) atoms. The molecule has 0 spiro atoms. The first-order valence-electron chi connectivity index (χ1n) is 9.48. The van der Waals surface area contributed by atoms with E-state index in [1.165, 1.54) is 18.2 Å². The molecule has 1 aliphatic heterocycles. The van der Waals surface area contributed by atoms with Crippen molar-refractivity contribution in [3.8, 4) is 5.75 Å². The van der Waals surface area contributed by atoms with Gasteiger partial charge in [-0.15, -0.1) is 0 Å². The summed E-state index contributed by atoms with van der Waals surface area (Å²) < 4.78 is 38.2. The van der Waals surface area contributed by atoms with Crippen LogP contribution in [0.4, 0.5) is 14.5 Å². The Hall–Kier alpha value is -3.50. The van der Waals surface area contributed by atoms with Crippen LogP contribution in [-0.4, -0.2) is 48.1 Å². The quantitative estimate of drug-likeness (QED) is 0.572. The lowest BCUT2D eigenvalue weighted by Gasteiger charge is -2.26. The van der Waals surface area contributed by atoms with Gasteiger partial charge in [-0.2, -0.15) is 0 Å². The summed E-state index contributed by atoms with van der Waals surface area (Å²) in [5.41, 5.74) is 5.35. The molecule has 3 aromatic rings. The van der Waals surface area contributed by atoms with E-state index in [1.54, 1.807) is 0 Å². The highest BCUT2D eigenvalue weighted by Gasteiger charge is 2.24. The van der Waals surface area contributed by atoms with Crippen LogP contribution in [0, 0.1) is 11.6 Å². The smallest absolute Gasteiger partial charge is 0.286 e. The molecule has 1 saturated heterocycles. The van der Waals surface area contributed by atoms with E-state index in [-0.39, 0.29) is 22.4 Å². The minimum atomic E-state index is -1.05. The fourth-order valence-electron chi connectivity index (χ4n) is 3.46. The fraction of sp³-hybridized carbons (Fsp3) is 0.238. The number of hydrogen-bond donors (Lipinski definition) is 3. The number of nitrogens with one attached hydrogen (secondary N) is 1. The zero-order valence-corrected chi connectivity index (χ0v) is 16.3. The molecule has 4 rings (SSSR count). The second-order valence-electron chi connectivity index (χ2n) is 7.12. The number of furan rings is 1. The van der Waals surface area contributed by atoms with Gasteiger partial charge in [0.2, 0.25) is 5.76 Å². The summed E-state index contributed by atoms with van der Waals surface area (Å²) in [5, 5.41) is 12.5. The number of morpholine rings is 1. The molecule has 0 radical (unpaired) electrons. The van der Waals surface area contributed by atoms with E-state index < -0.39 is 34.8 Å². The highest BCUT2D eigenvalue weighted by Crippen LogP contribution is 2.34. The van der Waals surface area contributed by atoms with Gasteiger partial charge in [-0.05, 0) is 24.3 Å². The van der Waals surface area contributed by atoms with Gasteiger partial charge in [-0.3, -0.25) is 14.5 Å². The summed E-state index contributed by atoms with van der Waals surface area (Å²) in [5.74, 6) is -4.13. The average molecular weight is 431 g/mol. The molecule has 0 atom stereocenters. The maximum absolute atomic E-state index is 14.0. The third kappa shape index (κ3) is 4.21. The molecular weight excluding hydrogens is 412 g/mol. The van der Waals surface area contributed by atoms with Crippen LogP contribution >= 0.6 is 0 Å². The molecular formula is C21H19F2N3O5. The first-order chi connectivity index (χ1) is 14.8. The molecule has 8 nitrogen and oxygen atoms in total. The van der Waals surface area contributed by atoms with Crippen LogP contribution in [-0.2, 0) is 11.3 Å². The first-order valence-corrected chi connectivity index (χ1v) is 9.48. The molecule has 2 amide bonds. The molecule has 1 aromatic heterocycles. The fourth-order valence-corrected chi connectivity index (χ4v) is 3.46. The lowest BCUT2D eigenvalue weighted by molar-refractivity contribution is 0.0338. The molecule has 2 heterocycles. The summed E-state index contributed by atoms with van der Waals surface area (Å²) in [4.78, 5) is 26.7. The van der Waals surface area contributed by atoms with Gasteiger partial charge in [0.15, 0.2) is 11.4 Å². The number of halogens is 2. The van der Waals surface area contributed by atoms with Gasteiger partial charge >= 0.3 is 0 Å². The van der Waals surface area contributed by atoms with Gasteiger partial charge in [0, 0.05) is 36.8 Å². The van der Waals surface area contributed by atoms with Crippen LogP contribution in [0.15, 0.2) is 34.7 Å². The van der Waals surface area contributed by atoms with Crippen LogP contribution in [0.1, 0.15) is 26.5 Å². The number of rotatable bonds is 5. The number of carbonyl (C=O) groups excluding carboxylic acids is 2. The summed E-state index contributed by atoms with van der Waals surface area (Å²) in [7, 11) is 0. The monoisotopic (exact) mass is 431 g/mol. The van der Waals surface area contributed by atoms with Crippen molar-refractivity contribution in [3.63, 3.8) is 0 Å². The number of phenolic OH excluding ortho intramolecular Hbond substituents is 1. The van der Waals surface area contributed by atoms with E-state index in [1.807, 2.05) is 0 Å². The van der Waals surface area contributed by atoms with Crippen molar-refractivity contribution < 1.29 is 32.6 Å². The van der Waals surface area contributed by atoms with Crippen molar-refractivity contribution in [2.75, 3.05) is 31.6 Å². The summed E-state index contributed by atoms with van der Waals surface area (Å²) in [6.45, 7) is 2.95. The Labute approximate surface area is 175 Å². The van der Waals surface area contributed by atoms with Crippen LogP contribution in [0.2, 0.25) is 0 Å². The summed E-state index contributed by atoms with van der Waals surface area (Å²) in [6, 6.07) is 5.81.